The van der Waals surface area contributed by atoms with Gasteiger partial charge in [0, 0.05) is 41.4 Å². The highest BCUT2D eigenvalue weighted by Crippen LogP contribution is 2.44. The Morgan fingerprint density at radius 3 is 2.27 bits per heavy atom. The lowest BCUT2D eigenvalue weighted by molar-refractivity contribution is -0.128. The third-order valence-corrected chi connectivity index (χ3v) is 8.70. The number of aliphatic hydroxyl groups excluding tert-OH is 1. The van der Waals surface area contributed by atoms with Gasteiger partial charge in [-0.15, -0.1) is 0 Å². The van der Waals surface area contributed by atoms with E-state index >= 15 is 0 Å². The largest absolute Gasteiger partial charge is 0.494 e. The van der Waals surface area contributed by atoms with Crippen molar-refractivity contribution in [2.24, 2.45) is 15.2 Å². The van der Waals surface area contributed by atoms with E-state index in [0.717, 1.165) is 16.7 Å². The first-order chi connectivity index (χ1) is 25.5. The van der Waals surface area contributed by atoms with Crippen molar-refractivity contribution in [1.82, 2.24) is 5.32 Å². The predicted molar refractivity (Wildman–Crippen MR) is 195 cm³/mol. The summed E-state index contributed by atoms with van der Waals surface area (Å²) in [5, 5.41) is 19.9. The molecule has 4 aromatic carbocycles. The highest BCUT2D eigenvalue weighted by Gasteiger charge is 2.54. The van der Waals surface area contributed by atoms with Crippen LogP contribution in [0.4, 0.5) is 0 Å². The minimum Gasteiger partial charge on any atom is -0.494 e. The number of nitrogens with one attached hydrogen (secondary N) is 1. The molecule has 5 rings (SSSR count). The number of aliphatic hydroxyl groups is 1. The van der Waals surface area contributed by atoms with Crippen LogP contribution >= 0.6 is 0 Å². The molecule has 14 heteroatoms. The van der Waals surface area contributed by atoms with E-state index in [2.05, 4.69) is 25.4 Å². The maximum absolute atomic E-state index is 14.9. The fourth-order valence-electron chi connectivity index (χ4n) is 6.09. The van der Waals surface area contributed by atoms with Crippen molar-refractivity contribution < 1.29 is 28.8 Å². The number of carbonyl (C=O) groups excluding carboxylic acids is 1. The van der Waals surface area contributed by atoms with Gasteiger partial charge >= 0.3 is 0 Å². The smallest absolute Gasteiger partial charge is 0.252 e. The molecule has 0 saturated heterocycles. The van der Waals surface area contributed by atoms with E-state index in [1.807, 2.05) is 66.7 Å². The van der Waals surface area contributed by atoms with Crippen LogP contribution in [0.15, 0.2) is 106 Å². The number of rotatable bonds is 18. The molecule has 0 radical (unpaired) electrons. The molecular formula is C38H40N8O6. The van der Waals surface area contributed by atoms with Gasteiger partial charge in [0.2, 0.25) is 5.90 Å². The molecule has 0 unspecified atom stereocenters. The van der Waals surface area contributed by atoms with E-state index in [-0.39, 0.29) is 44.5 Å². The fraction of sp³-hybridized carbons (Fsp3) is 0.316. The number of aliphatic imine (C=N–C) groups is 1. The van der Waals surface area contributed by atoms with Crippen LogP contribution in [0.5, 0.6) is 17.2 Å². The molecule has 0 bridgehead atoms. The Bertz CT molecular complexity index is 1970. The molecule has 0 fully saturated rings. The summed E-state index contributed by atoms with van der Waals surface area (Å²) in [5.74, 6) is 1.66. The summed E-state index contributed by atoms with van der Waals surface area (Å²) < 4.78 is 23.3. The number of carbonyl (C=O) groups is 1. The second-order valence-corrected chi connectivity index (χ2v) is 11.9. The average molecular weight is 705 g/mol. The second-order valence-electron chi connectivity index (χ2n) is 11.9. The lowest BCUT2D eigenvalue weighted by Crippen LogP contribution is -2.50. The lowest BCUT2D eigenvalue weighted by Gasteiger charge is -2.32. The lowest BCUT2D eigenvalue weighted by atomic mass is 9.79. The summed E-state index contributed by atoms with van der Waals surface area (Å²) in [4.78, 5) is 25.9. The van der Waals surface area contributed by atoms with Gasteiger partial charge in [-0.05, 0) is 81.7 Å². The van der Waals surface area contributed by atoms with Gasteiger partial charge < -0.3 is 29.4 Å². The van der Waals surface area contributed by atoms with E-state index < -0.39 is 11.6 Å². The van der Waals surface area contributed by atoms with Gasteiger partial charge in [0.1, 0.15) is 5.75 Å². The van der Waals surface area contributed by atoms with Crippen molar-refractivity contribution in [2.45, 2.75) is 44.0 Å². The molecular weight excluding hydrogens is 664 g/mol. The van der Waals surface area contributed by atoms with Crippen LogP contribution in [-0.4, -0.2) is 56.4 Å². The average Bonchev–Trinajstić information content (AvgIpc) is 3.57. The number of amides is 1. The van der Waals surface area contributed by atoms with Crippen LogP contribution in [0, 0.1) is 0 Å². The Morgan fingerprint density at radius 2 is 1.58 bits per heavy atom. The molecule has 1 aliphatic rings. The minimum atomic E-state index is -1.55. The minimum absolute atomic E-state index is 0.0235. The Labute approximate surface area is 301 Å². The number of hydrogen-bond acceptors (Lipinski definition) is 9. The van der Waals surface area contributed by atoms with E-state index in [1.54, 1.807) is 38.5 Å². The highest BCUT2D eigenvalue weighted by atomic mass is 16.5. The Morgan fingerprint density at radius 1 is 0.904 bits per heavy atom. The van der Waals surface area contributed by atoms with Gasteiger partial charge in [-0.2, -0.15) is 0 Å². The SMILES string of the molecule is COc1ccc(CCNC(=O)[C@]2(Cc3ccccc3CN=[N+]=[N-])N=C(c3ccc(OCCCO)cc3)O[C@@H]2c2ccccc2CN=[N+]=[N-])cc1OC. The van der Waals surface area contributed by atoms with Crippen LogP contribution in [0.3, 0.4) is 0 Å². The number of ether oxygens (including phenoxy) is 4. The molecule has 268 valence electrons. The van der Waals surface area contributed by atoms with Crippen molar-refractivity contribution >= 4 is 11.8 Å². The number of hydrogen-bond donors (Lipinski definition) is 2. The third-order valence-electron chi connectivity index (χ3n) is 8.70. The molecule has 2 N–H and O–H groups in total. The van der Waals surface area contributed by atoms with Gasteiger partial charge in [0.15, 0.2) is 23.1 Å². The monoisotopic (exact) mass is 704 g/mol. The summed E-state index contributed by atoms with van der Waals surface area (Å²) >= 11 is 0. The maximum Gasteiger partial charge on any atom is 0.252 e. The van der Waals surface area contributed by atoms with Gasteiger partial charge in [-0.3, -0.25) is 4.79 Å². The molecule has 52 heavy (non-hydrogen) atoms. The van der Waals surface area contributed by atoms with Crippen molar-refractivity contribution in [3.05, 3.63) is 145 Å². The molecule has 0 saturated carbocycles. The summed E-state index contributed by atoms with van der Waals surface area (Å²) in [5.41, 5.74) is 21.1. The summed E-state index contributed by atoms with van der Waals surface area (Å²) in [7, 11) is 3.14. The molecule has 2 atom stereocenters. The fourth-order valence-corrected chi connectivity index (χ4v) is 6.09. The first-order valence-electron chi connectivity index (χ1n) is 16.7. The summed E-state index contributed by atoms with van der Waals surface area (Å²) in [6.07, 6.45) is 0.141. The van der Waals surface area contributed by atoms with Gasteiger partial charge in [-0.1, -0.05) is 64.8 Å². The molecule has 1 heterocycles. The standard InChI is InChI=1S/C38H40N8O6/c1-49-33-17-12-26(22-34(33)50-2)18-19-41-37(48)38(23-28-8-3-4-9-29(28)24-42-45-39)35(32-11-6-5-10-30(32)25-43-46-40)52-36(44-38)27-13-15-31(16-14-27)51-21-7-20-47/h3-6,8-17,22,35,47H,7,18-21,23-25H2,1-2H3,(H,41,48)/t35-,38-/m1/s1. The zero-order valence-corrected chi connectivity index (χ0v) is 29.0. The summed E-state index contributed by atoms with van der Waals surface area (Å²) in [6, 6.07) is 27.6. The van der Waals surface area contributed by atoms with E-state index in [9.17, 15) is 10.3 Å². The Hall–Kier alpha value is -6.20. The van der Waals surface area contributed by atoms with Crippen molar-refractivity contribution in [1.29, 1.82) is 0 Å². The molecule has 4 aromatic rings. The first-order valence-corrected chi connectivity index (χ1v) is 16.7. The van der Waals surface area contributed by atoms with E-state index in [1.165, 1.54) is 0 Å². The first kappa shape index (κ1) is 37.1. The second kappa shape index (κ2) is 18.2. The quantitative estimate of drug-likeness (QED) is 0.0487. The number of methoxy groups -OCH3 is 2. The molecule has 0 aliphatic carbocycles. The van der Waals surface area contributed by atoms with E-state index in [0.29, 0.717) is 53.4 Å². The van der Waals surface area contributed by atoms with Crippen LogP contribution < -0.4 is 19.5 Å². The maximum atomic E-state index is 14.9. The molecule has 14 nitrogen and oxygen atoms in total. The number of azide groups is 2. The van der Waals surface area contributed by atoms with Crippen LogP contribution in [0.25, 0.3) is 20.9 Å². The van der Waals surface area contributed by atoms with Crippen molar-refractivity contribution in [2.75, 3.05) is 34.0 Å². The topological polar surface area (TPSA) is 196 Å². The Kier molecular flexibility index (Phi) is 12.9. The van der Waals surface area contributed by atoms with Crippen LogP contribution in [0.2, 0.25) is 0 Å². The molecule has 0 aromatic heterocycles. The third kappa shape index (κ3) is 8.74. The van der Waals surface area contributed by atoms with Gasteiger partial charge in [0.25, 0.3) is 5.91 Å². The normalized spacial score (nSPS) is 16.1. The molecule has 0 spiro atoms. The number of nitrogens with zero attached hydrogens (tertiary/aromatic N) is 7. The van der Waals surface area contributed by atoms with Crippen LogP contribution in [0.1, 0.15) is 45.9 Å². The summed E-state index contributed by atoms with van der Waals surface area (Å²) in [6.45, 7) is 0.770. The van der Waals surface area contributed by atoms with Crippen molar-refractivity contribution in [3.63, 3.8) is 0 Å². The zero-order chi connectivity index (χ0) is 36.8. The van der Waals surface area contributed by atoms with Crippen molar-refractivity contribution in [3.8, 4) is 17.2 Å². The number of benzene rings is 4. The van der Waals surface area contributed by atoms with Gasteiger partial charge in [0.05, 0.1) is 33.9 Å². The molecule has 1 amide bonds. The van der Waals surface area contributed by atoms with E-state index in [4.69, 9.17) is 34.6 Å². The van der Waals surface area contributed by atoms with Crippen LogP contribution in [-0.2, 0) is 35.5 Å². The highest BCUT2D eigenvalue weighted by molar-refractivity contribution is 6.01. The predicted octanol–water partition coefficient (Wildman–Crippen LogP) is 6.94. The van der Waals surface area contributed by atoms with Gasteiger partial charge in [-0.25, -0.2) is 4.99 Å². The Balaban J connectivity index is 1.59. The zero-order valence-electron chi connectivity index (χ0n) is 29.0. The molecule has 1 aliphatic heterocycles.